The van der Waals surface area contributed by atoms with E-state index in [1.807, 2.05) is 31.9 Å². The predicted octanol–water partition coefficient (Wildman–Crippen LogP) is 2.84. The highest BCUT2D eigenvalue weighted by atomic mass is 16.2. The zero-order valence-electron chi connectivity index (χ0n) is 12.1. The first-order chi connectivity index (χ1) is 9.13. The van der Waals surface area contributed by atoms with Gasteiger partial charge in [-0.25, -0.2) is 0 Å². The Bertz CT molecular complexity index is 453. The van der Waals surface area contributed by atoms with Gasteiger partial charge in [-0.15, -0.1) is 0 Å². The lowest BCUT2D eigenvalue weighted by molar-refractivity contribution is 0.0735. The van der Waals surface area contributed by atoms with Gasteiger partial charge in [0.2, 0.25) is 0 Å². The van der Waals surface area contributed by atoms with Crippen LogP contribution in [0.5, 0.6) is 0 Å². The van der Waals surface area contributed by atoms with Crippen molar-refractivity contribution in [3.8, 4) is 0 Å². The van der Waals surface area contributed by atoms with E-state index >= 15 is 0 Å². The molecule has 1 aromatic heterocycles. The number of hydrogen-bond acceptors (Lipinski definition) is 3. The predicted molar refractivity (Wildman–Crippen MR) is 77.5 cm³/mol. The van der Waals surface area contributed by atoms with Crippen LogP contribution in [0, 0.1) is 6.92 Å². The molecule has 2 rings (SSSR count). The number of nitrogens with one attached hydrogen (secondary N) is 1. The van der Waals surface area contributed by atoms with Gasteiger partial charge in [0.15, 0.2) is 0 Å². The summed E-state index contributed by atoms with van der Waals surface area (Å²) in [6.07, 6.45) is 6.40. The minimum absolute atomic E-state index is 0.0790. The highest BCUT2D eigenvalue weighted by Gasteiger charge is 2.25. The van der Waals surface area contributed by atoms with Gasteiger partial charge in [-0.2, -0.15) is 0 Å². The lowest BCUT2D eigenvalue weighted by Crippen LogP contribution is -2.35. The van der Waals surface area contributed by atoms with E-state index in [0.717, 1.165) is 30.8 Å². The molecule has 1 aliphatic rings. The number of pyridine rings is 1. The fourth-order valence-corrected chi connectivity index (χ4v) is 2.71. The van der Waals surface area contributed by atoms with Crippen LogP contribution in [-0.4, -0.2) is 35.4 Å². The Hall–Kier alpha value is -1.58. The molecule has 0 saturated heterocycles. The molecule has 0 bridgehead atoms. The smallest absolute Gasteiger partial charge is 0.257 e. The largest absolute Gasteiger partial charge is 0.385 e. The molecule has 104 valence electrons. The summed E-state index contributed by atoms with van der Waals surface area (Å²) in [4.78, 5) is 18.7. The highest BCUT2D eigenvalue weighted by Crippen LogP contribution is 2.25. The second-order valence-electron chi connectivity index (χ2n) is 5.26. The van der Waals surface area contributed by atoms with Crippen molar-refractivity contribution in [2.45, 2.75) is 45.6 Å². The number of rotatable bonds is 4. The maximum atomic E-state index is 12.6. The molecule has 1 fully saturated rings. The minimum Gasteiger partial charge on any atom is -0.385 e. The Labute approximate surface area is 115 Å². The summed E-state index contributed by atoms with van der Waals surface area (Å²) in [6, 6.07) is 2.34. The fourth-order valence-electron chi connectivity index (χ4n) is 2.71. The quantitative estimate of drug-likeness (QED) is 0.906. The van der Waals surface area contributed by atoms with E-state index < -0.39 is 0 Å². The summed E-state index contributed by atoms with van der Waals surface area (Å²) in [5.74, 6) is 0.0790. The number of nitrogens with zero attached hydrogens (tertiary/aromatic N) is 2. The molecule has 19 heavy (non-hydrogen) atoms. The molecule has 0 aromatic carbocycles. The number of amides is 1. The van der Waals surface area contributed by atoms with Crippen LogP contribution in [0.1, 0.15) is 48.7 Å². The Kier molecular flexibility index (Phi) is 4.40. The molecular formula is C15H23N3O. The first-order valence-electron chi connectivity index (χ1n) is 7.11. The van der Waals surface area contributed by atoms with Crippen molar-refractivity contribution in [2.75, 3.05) is 18.9 Å². The SMILES string of the molecule is CCNc1cc(C)ncc1C(=O)N(C)C1CCCC1. The average molecular weight is 261 g/mol. The van der Waals surface area contributed by atoms with E-state index in [9.17, 15) is 4.79 Å². The Balaban J connectivity index is 2.22. The maximum Gasteiger partial charge on any atom is 0.257 e. The maximum absolute atomic E-state index is 12.6. The van der Waals surface area contributed by atoms with Gasteiger partial charge in [0.25, 0.3) is 5.91 Å². The molecule has 1 saturated carbocycles. The van der Waals surface area contributed by atoms with Crippen molar-refractivity contribution >= 4 is 11.6 Å². The number of aryl methyl sites for hydroxylation is 1. The normalized spacial score (nSPS) is 15.5. The number of carbonyl (C=O) groups excluding carboxylic acids is 1. The lowest BCUT2D eigenvalue weighted by atomic mass is 10.1. The molecule has 1 heterocycles. The second kappa shape index (κ2) is 6.04. The minimum atomic E-state index is 0.0790. The van der Waals surface area contributed by atoms with Gasteiger partial charge in [0, 0.05) is 31.5 Å². The van der Waals surface area contributed by atoms with Crippen LogP contribution in [0.2, 0.25) is 0 Å². The molecule has 0 unspecified atom stereocenters. The van der Waals surface area contributed by atoms with Crippen molar-refractivity contribution in [1.29, 1.82) is 0 Å². The van der Waals surface area contributed by atoms with Crippen molar-refractivity contribution in [3.63, 3.8) is 0 Å². The van der Waals surface area contributed by atoms with Crippen molar-refractivity contribution in [1.82, 2.24) is 9.88 Å². The molecule has 0 aliphatic heterocycles. The van der Waals surface area contributed by atoms with Gasteiger partial charge in [0.05, 0.1) is 11.3 Å². The second-order valence-corrected chi connectivity index (χ2v) is 5.26. The van der Waals surface area contributed by atoms with E-state index in [-0.39, 0.29) is 5.91 Å². The highest BCUT2D eigenvalue weighted by molar-refractivity contribution is 5.99. The lowest BCUT2D eigenvalue weighted by Gasteiger charge is -2.25. The number of anilines is 1. The molecule has 1 aliphatic carbocycles. The van der Waals surface area contributed by atoms with Crippen molar-refractivity contribution in [2.24, 2.45) is 0 Å². The molecule has 0 atom stereocenters. The topological polar surface area (TPSA) is 45.2 Å². The van der Waals surface area contributed by atoms with Gasteiger partial charge < -0.3 is 10.2 Å². The summed E-state index contributed by atoms with van der Waals surface area (Å²) in [7, 11) is 1.91. The Morgan fingerprint density at radius 1 is 1.47 bits per heavy atom. The molecule has 1 aromatic rings. The van der Waals surface area contributed by atoms with E-state index in [1.54, 1.807) is 6.20 Å². The van der Waals surface area contributed by atoms with E-state index in [4.69, 9.17) is 0 Å². The number of hydrogen-bond donors (Lipinski definition) is 1. The molecule has 0 radical (unpaired) electrons. The van der Waals surface area contributed by atoms with E-state index in [1.165, 1.54) is 12.8 Å². The van der Waals surface area contributed by atoms with Crippen LogP contribution in [-0.2, 0) is 0 Å². The third-order valence-corrected chi connectivity index (χ3v) is 3.83. The third kappa shape index (κ3) is 3.06. The third-order valence-electron chi connectivity index (χ3n) is 3.83. The molecular weight excluding hydrogens is 238 g/mol. The average Bonchev–Trinajstić information content (AvgIpc) is 2.91. The summed E-state index contributed by atoms with van der Waals surface area (Å²) in [6.45, 7) is 4.78. The molecule has 1 N–H and O–H groups in total. The van der Waals surface area contributed by atoms with Gasteiger partial charge in [-0.3, -0.25) is 9.78 Å². The van der Waals surface area contributed by atoms with Crippen LogP contribution >= 0.6 is 0 Å². The molecule has 0 spiro atoms. The molecule has 4 heteroatoms. The first kappa shape index (κ1) is 13.8. The van der Waals surface area contributed by atoms with Gasteiger partial charge >= 0.3 is 0 Å². The molecule has 1 amide bonds. The van der Waals surface area contributed by atoms with E-state index in [2.05, 4.69) is 10.3 Å². The zero-order chi connectivity index (χ0) is 13.8. The van der Waals surface area contributed by atoms with E-state index in [0.29, 0.717) is 11.6 Å². The summed E-state index contributed by atoms with van der Waals surface area (Å²) < 4.78 is 0. The van der Waals surface area contributed by atoms with Crippen molar-refractivity contribution in [3.05, 3.63) is 23.5 Å². The van der Waals surface area contributed by atoms with Crippen molar-refractivity contribution < 1.29 is 4.79 Å². The zero-order valence-corrected chi connectivity index (χ0v) is 12.1. The monoisotopic (exact) mass is 261 g/mol. The summed E-state index contributed by atoms with van der Waals surface area (Å²) in [5.41, 5.74) is 2.50. The Morgan fingerprint density at radius 3 is 2.79 bits per heavy atom. The van der Waals surface area contributed by atoms with Gasteiger partial charge in [-0.05, 0) is 32.8 Å². The standard InChI is InChI=1S/C15H23N3O/c1-4-16-14-9-11(2)17-10-13(14)15(19)18(3)12-7-5-6-8-12/h9-10,12H,4-8H2,1-3H3,(H,16,17). The van der Waals surface area contributed by atoms with Crippen LogP contribution in [0.15, 0.2) is 12.3 Å². The van der Waals surface area contributed by atoms with Crippen LogP contribution < -0.4 is 5.32 Å². The summed E-state index contributed by atoms with van der Waals surface area (Å²) in [5, 5.41) is 3.26. The Morgan fingerprint density at radius 2 is 2.16 bits per heavy atom. The van der Waals surface area contributed by atoms with Crippen LogP contribution in [0.4, 0.5) is 5.69 Å². The summed E-state index contributed by atoms with van der Waals surface area (Å²) >= 11 is 0. The van der Waals surface area contributed by atoms with Crippen LogP contribution in [0.3, 0.4) is 0 Å². The number of aromatic nitrogens is 1. The van der Waals surface area contributed by atoms with Gasteiger partial charge in [-0.1, -0.05) is 12.8 Å². The number of carbonyl (C=O) groups is 1. The molecule has 4 nitrogen and oxygen atoms in total. The van der Waals surface area contributed by atoms with Crippen LogP contribution in [0.25, 0.3) is 0 Å². The fraction of sp³-hybridized carbons (Fsp3) is 0.600. The van der Waals surface area contributed by atoms with Gasteiger partial charge in [0.1, 0.15) is 0 Å². The first-order valence-corrected chi connectivity index (χ1v) is 7.11.